The number of hydrogen-bond donors (Lipinski definition) is 1. The molecule has 1 N–H and O–H groups in total. The summed E-state index contributed by atoms with van der Waals surface area (Å²) in [7, 11) is 1.86. The molecular formula is C11H16BrN3O. The molecule has 1 amide bonds. The van der Waals surface area contributed by atoms with Gasteiger partial charge in [0.05, 0.1) is 18.4 Å². The predicted octanol–water partition coefficient (Wildman–Crippen LogP) is 1.80. The molecule has 0 fully saturated rings. The first kappa shape index (κ1) is 13.0. The topological polar surface area (TPSA) is 45.2 Å². The fourth-order valence-corrected chi connectivity index (χ4v) is 1.64. The Morgan fingerprint density at radius 3 is 2.81 bits per heavy atom. The Labute approximate surface area is 104 Å². The molecule has 0 spiro atoms. The van der Waals surface area contributed by atoms with E-state index in [0.717, 1.165) is 10.2 Å². The van der Waals surface area contributed by atoms with Gasteiger partial charge < -0.3 is 10.2 Å². The third-order valence-corrected chi connectivity index (χ3v) is 2.40. The molecule has 88 valence electrons. The van der Waals surface area contributed by atoms with Gasteiger partial charge in [-0.2, -0.15) is 0 Å². The molecule has 16 heavy (non-hydrogen) atoms. The van der Waals surface area contributed by atoms with Crippen molar-refractivity contribution in [2.45, 2.75) is 19.9 Å². The maximum absolute atomic E-state index is 11.5. The molecule has 4 nitrogen and oxygen atoms in total. The van der Waals surface area contributed by atoms with Gasteiger partial charge in [-0.05, 0) is 35.8 Å². The highest BCUT2D eigenvalue weighted by molar-refractivity contribution is 9.10. The van der Waals surface area contributed by atoms with Crippen molar-refractivity contribution in [3.8, 4) is 0 Å². The average molecular weight is 286 g/mol. The standard InChI is InChI=1S/C11H16BrN3O/c1-8(2)14-11(16)7-15(3)10-4-9(12)5-13-6-10/h4-6,8H,7H2,1-3H3,(H,14,16). The van der Waals surface area contributed by atoms with Crippen molar-refractivity contribution in [1.29, 1.82) is 0 Å². The maximum Gasteiger partial charge on any atom is 0.239 e. The number of carbonyl (C=O) groups is 1. The minimum Gasteiger partial charge on any atom is -0.364 e. The second-order valence-electron chi connectivity index (χ2n) is 3.94. The molecule has 0 unspecified atom stereocenters. The summed E-state index contributed by atoms with van der Waals surface area (Å²) in [6.45, 7) is 4.22. The molecule has 0 saturated carbocycles. The number of pyridine rings is 1. The van der Waals surface area contributed by atoms with E-state index in [0.29, 0.717) is 6.54 Å². The summed E-state index contributed by atoms with van der Waals surface area (Å²) in [5, 5.41) is 2.85. The van der Waals surface area contributed by atoms with Crippen LogP contribution in [0.2, 0.25) is 0 Å². The van der Waals surface area contributed by atoms with Crippen LogP contribution in [0.1, 0.15) is 13.8 Å². The zero-order valence-corrected chi connectivity index (χ0v) is 11.3. The number of amides is 1. The predicted molar refractivity (Wildman–Crippen MR) is 68.5 cm³/mol. The van der Waals surface area contributed by atoms with Crippen LogP contribution in [0, 0.1) is 0 Å². The monoisotopic (exact) mass is 285 g/mol. The van der Waals surface area contributed by atoms with Gasteiger partial charge in [0.2, 0.25) is 5.91 Å². The number of nitrogens with one attached hydrogen (secondary N) is 1. The number of carbonyl (C=O) groups excluding carboxylic acids is 1. The van der Waals surface area contributed by atoms with E-state index in [1.54, 1.807) is 12.4 Å². The maximum atomic E-state index is 11.5. The Balaban J connectivity index is 2.58. The largest absolute Gasteiger partial charge is 0.364 e. The molecule has 1 aromatic heterocycles. The van der Waals surface area contributed by atoms with Crippen LogP contribution in [-0.4, -0.2) is 30.5 Å². The molecule has 0 aliphatic carbocycles. The van der Waals surface area contributed by atoms with Crippen molar-refractivity contribution in [2.24, 2.45) is 0 Å². The van der Waals surface area contributed by atoms with Crippen LogP contribution < -0.4 is 10.2 Å². The molecule has 1 aromatic rings. The molecule has 5 heteroatoms. The van der Waals surface area contributed by atoms with Gasteiger partial charge in [0, 0.05) is 23.8 Å². The van der Waals surface area contributed by atoms with Crippen LogP contribution >= 0.6 is 15.9 Å². The zero-order chi connectivity index (χ0) is 12.1. The highest BCUT2D eigenvalue weighted by atomic mass is 79.9. The summed E-state index contributed by atoms with van der Waals surface area (Å²) < 4.78 is 0.904. The van der Waals surface area contributed by atoms with Crippen LogP contribution in [0.15, 0.2) is 22.9 Å². The third kappa shape index (κ3) is 4.18. The fourth-order valence-electron chi connectivity index (χ4n) is 1.28. The Hall–Kier alpha value is -1.10. The van der Waals surface area contributed by atoms with Crippen molar-refractivity contribution >= 4 is 27.5 Å². The SMILES string of the molecule is CC(C)NC(=O)CN(C)c1cncc(Br)c1. The molecule has 0 saturated heterocycles. The molecule has 0 radical (unpaired) electrons. The van der Waals surface area contributed by atoms with E-state index in [9.17, 15) is 4.79 Å². The molecule has 0 aromatic carbocycles. The molecule has 0 bridgehead atoms. The van der Waals surface area contributed by atoms with Gasteiger partial charge in [-0.25, -0.2) is 0 Å². The number of aromatic nitrogens is 1. The van der Waals surface area contributed by atoms with Gasteiger partial charge in [-0.3, -0.25) is 9.78 Å². The first-order valence-corrected chi connectivity index (χ1v) is 5.89. The summed E-state index contributed by atoms with van der Waals surface area (Å²) >= 11 is 3.35. The van der Waals surface area contributed by atoms with Crippen LogP contribution in [0.5, 0.6) is 0 Å². The lowest BCUT2D eigenvalue weighted by molar-refractivity contribution is -0.120. The number of anilines is 1. The number of rotatable bonds is 4. The molecule has 1 heterocycles. The first-order chi connectivity index (χ1) is 7.49. The number of likely N-dealkylation sites (N-methyl/N-ethyl adjacent to an activating group) is 1. The molecule has 0 atom stereocenters. The van der Waals surface area contributed by atoms with E-state index in [4.69, 9.17) is 0 Å². The normalized spacial score (nSPS) is 10.3. The number of hydrogen-bond acceptors (Lipinski definition) is 3. The van der Waals surface area contributed by atoms with Crippen molar-refractivity contribution in [3.05, 3.63) is 22.9 Å². The van der Waals surface area contributed by atoms with Crippen LogP contribution in [0.3, 0.4) is 0 Å². The summed E-state index contributed by atoms with van der Waals surface area (Å²) in [5.41, 5.74) is 0.910. The minimum absolute atomic E-state index is 0.0116. The van der Waals surface area contributed by atoms with E-state index < -0.39 is 0 Å². The van der Waals surface area contributed by atoms with E-state index in [1.807, 2.05) is 31.9 Å². The zero-order valence-electron chi connectivity index (χ0n) is 9.70. The minimum atomic E-state index is 0.0116. The fraction of sp³-hybridized carbons (Fsp3) is 0.455. The van der Waals surface area contributed by atoms with Gasteiger partial charge >= 0.3 is 0 Å². The van der Waals surface area contributed by atoms with Gasteiger partial charge in [0.1, 0.15) is 0 Å². The number of nitrogens with zero attached hydrogens (tertiary/aromatic N) is 2. The van der Waals surface area contributed by atoms with Crippen LogP contribution in [-0.2, 0) is 4.79 Å². The highest BCUT2D eigenvalue weighted by Crippen LogP contribution is 2.16. The Kier molecular flexibility index (Phi) is 4.73. The van der Waals surface area contributed by atoms with Gasteiger partial charge in [-0.1, -0.05) is 0 Å². The van der Waals surface area contributed by atoms with E-state index in [1.165, 1.54) is 0 Å². The van der Waals surface area contributed by atoms with Crippen molar-refractivity contribution in [2.75, 3.05) is 18.5 Å². The molecule has 0 aliphatic rings. The lowest BCUT2D eigenvalue weighted by atomic mass is 10.3. The summed E-state index contributed by atoms with van der Waals surface area (Å²) in [5.74, 6) is 0.0116. The lowest BCUT2D eigenvalue weighted by Gasteiger charge is -2.19. The summed E-state index contributed by atoms with van der Waals surface area (Å²) in [6, 6.07) is 2.09. The van der Waals surface area contributed by atoms with Crippen LogP contribution in [0.4, 0.5) is 5.69 Å². The second kappa shape index (κ2) is 5.84. The van der Waals surface area contributed by atoms with Gasteiger partial charge in [-0.15, -0.1) is 0 Å². The van der Waals surface area contributed by atoms with Crippen molar-refractivity contribution < 1.29 is 4.79 Å². The lowest BCUT2D eigenvalue weighted by Crippen LogP contribution is -2.38. The Morgan fingerprint density at radius 2 is 2.25 bits per heavy atom. The quantitative estimate of drug-likeness (QED) is 0.918. The smallest absolute Gasteiger partial charge is 0.239 e. The highest BCUT2D eigenvalue weighted by Gasteiger charge is 2.08. The van der Waals surface area contributed by atoms with Gasteiger partial charge in [0.25, 0.3) is 0 Å². The Bertz CT molecular complexity index is 368. The summed E-state index contributed by atoms with van der Waals surface area (Å²) in [4.78, 5) is 17.4. The van der Waals surface area contributed by atoms with Crippen molar-refractivity contribution in [1.82, 2.24) is 10.3 Å². The van der Waals surface area contributed by atoms with Crippen molar-refractivity contribution in [3.63, 3.8) is 0 Å². The molecule has 0 aliphatic heterocycles. The second-order valence-corrected chi connectivity index (χ2v) is 4.86. The molecular weight excluding hydrogens is 270 g/mol. The Morgan fingerprint density at radius 1 is 1.56 bits per heavy atom. The molecule has 1 rings (SSSR count). The average Bonchev–Trinajstić information content (AvgIpc) is 2.16. The van der Waals surface area contributed by atoms with Crippen LogP contribution in [0.25, 0.3) is 0 Å². The first-order valence-electron chi connectivity index (χ1n) is 5.10. The van der Waals surface area contributed by atoms with E-state index >= 15 is 0 Å². The summed E-state index contributed by atoms with van der Waals surface area (Å²) in [6.07, 6.45) is 3.44. The van der Waals surface area contributed by atoms with Gasteiger partial charge in [0.15, 0.2) is 0 Å². The third-order valence-electron chi connectivity index (χ3n) is 1.96. The van der Waals surface area contributed by atoms with E-state index in [-0.39, 0.29) is 11.9 Å². The van der Waals surface area contributed by atoms with E-state index in [2.05, 4.69) is 26.2 Å². The number of halogens is 1.